The highest BCUT2D eigenvalue weighted by molar-refractivity contribution is 6.35. The maximum absolute atomic E-state index is 13.0. The molecular weight excluding hydrogens is 496 g/mol. The van der Waals surface area contributed by atoms with E-state index >= 15 is 0 Å². The van der Waals surface area contributed by atoms with Crippen LogP contribution < -0.4 is 0 Å². The van der Waals surface area contributed by atoms with E-state index in [1.165, 1.54) is 17.0 Å². The van der Waals surface area contributed by atoms with Crippen molar-refractivity contribution in [3.05, 3.63) is 69.2 Å². The lowest BCUT2D eigenvalue weighted by atomic mass is 10.0. The Morgan fingerprint density at radius 3 is 2.44 bits per heavy atom. The van der Waals surface area contributed by atoms with E-state index in [0.29, 0.717) is 27.6 Å². The quantitative estimate of drug-likeness (QED) is 0.567. The number of piperazine rings is 1. The van der Waals surface area contributed by atoms with Gasteiger partial charge < -0.3 is 14.9 Å². The lowest BCUT2D eigenvalue weighted by Crippen LogP contribution is -2.61. The van der Waals surface area contributed by atoms with Gasteiger partial charge in [0.1, 0.15) is 6.04 Å². The molecule has 0 bridgehead atoms. The second-order valence-corrected chi connectivity index (χ2v) is 8.74. The van der Waals surface area contributed by atoms with Crippen molar-refractivity contribution in [3.8, 4) is 0 Å². The molecule has 0 saturated carbocycles. The SMILES string of the molecule is O=C(O)CC1C(=O)N(CCc2ccc(Cl)cc2Cl)CC(=O)N1CCc1cccc(C(F)(F)F)c1. The summed E-state index contributed by atoms with van der Waals surface area (Å²) in [6.07, 6.45) is -4.74. The number of carboxylic acid groups (broad SMARTS) is 1. The van der Waals surface area contributed by atoms with Crippen LogP contribution in [0.25, 0.3) is 0 Å². The normalized spacial score (nSPS) is 16.8. The number of rotatable bonds is 8. The Balaban J connectivity index is 1.72. The molecule has 2 aromatic carbocycles. The first-order chi connectivity index (χ1) is 16.0. The highest BCUT2D eigenvalue weighted by Crippen LogP contribution is 2.30. The van der Waals surface area contributed by atoms with Gasteiger partial charge in [0.05, 0.1) is 18.5 Å². The third kappa shape index (κ3) is 6.42. The number of halogens is 5. The largest absolute Gasteiger partial charge is 0.481 e. The van der Waals surface area contributed by atoms with Gasteiger partial charge in [-0.3, -0.25) is 14.4 Å². The van der Waals surface area contributed by atoms with Gasteiger partial charge in [-0.15, -0.1) is 0 Å². The van der Waals surface area contributed by atoms with Crippen LogP contribution in [0.15, 0.2) is 42.5 Å². The lowest BCUT2D eigenvalue weighted by molar-refractivity contribution is -0.159. The van der Waals surface area contributed by atoms with Crippen molar-refractivity contribution in [2.75, 3.05) is 19.6 Å². The highest BCUT2D eigenvalue weighted by atomic mass is 35.5. The fraction of sp³-hybridized carbons (Fsp3) is 0.348. The molecule has 0 aliphatic carbocycles. The van der Waals surface area contributed by atoms with E-state index < -0.39 is 42.0 Å². The Kier molecular flexibility index (Phi) is 8.09. The monoisotopic (exact) mass is 516 g/mol. The van der Waals surface area contributed by atoms with Crippen LogP contribution in [0.3, 0.4) is 0 Å². The van der Waals surface area contributed by atoms with Gasteiger partial charge in [0.2, 0.25) is 11.8 Å². The van der Waals surface area contributed by atoms with Crippen LogP contribution in [0.4, 0.5) is 13.2 Å². The Morgan fingerprint density at radius 1 is 1.06 bits per heavy atom. The van der Waals surface area contributed by atoms with Crippen molar-refractivity contribution in [2.24, 2.45) is 0 Å². The van der Waals surface area contributed by atoms with Crippen molar-refractivity contribution in [1.29, 1.82) is 0 Å². The number of carbonyl (C=O) groups excluding carboxylic acids is 2. The Bertz CT molecular complexity index is 1090. The summed E-state index contributed by atoms with van der Waals surface area (Å²) in [6.45, 7) is -0.201. The fourth-order valence-corrected chi connectivity index (χ4v) is 4.32. The number of aliphatic carboxylic acids is 1. The van der Waals surface area contributed by atoms with Crippen LogP contribution in [-0.4, -0.2) is 58.4 Å². The summed E-state index contributed by atoms with van der Waals surface area (Å²) in [6, 6.07) is 8.34. The van der Waals surface area contributed by atoms with Crippen molar-refractivity contribution >= 4 is 41.0 Å². The molecule has 3 rings (SSSR count). The predicted octanol–water partition coefficient (Wildman–Crippen LogP) is 4.31. The van der Waals surface area contributed by atoms with Crippen LogP contribution in [-0.2, 0) is 33.4 Å². The molecule has 6 nitrogen and oxygen atoms in total. The molecule has 1 aliphatic heterocycles. The molecule has 1 unspecified atom stereocenters. The maximum atomic E-state index is 13.0. The smallest absolute Gasteiger partial charge is 0.416 e. The van der Waals surface area contributed by atoms with Crippen molar-refractivity contribution in [2.45, 2.75) is 31.5 Å². The van der Waals surface area contributed by atoms with E-state index in [9.17, 15) is 32.7 Å². The van der Waals surface area contributed by atoms with Crippen LogP contribution in [0.1, 0.15) is 23.1 Å². The molecule has 182 valence electrons. The number of carbonyl (C=O) groups is 3. The van der Waals surface area contributed by atoms with E-state index in [1.807, 2.05) is 0 Å². The molecule has 1 atom stereocenters. The van der Waals surface area contributed by atoms with Crippen LogP contribution >= 0.6 is 23.2 Å². The molecule has 2 aromatic rings. The number of hydrogen-bond donors (Lipinski definition) is 1. The number of amides is 2. The molecule has 0 aromatic heterocycles. The third-order valence-electron chi connectivity index (χ3n) is 5.55. The average Bonchev–Trinajstić information content (AvgIpc) is 2.75. The van der Waals surface area contributed by atoms with E-state index in [1.54, 1.807) is 18.2 Å². The predicted molar refractivity (Wildman–Crippen MR) is 120 cm³/mol. The summed E-state index contributed by atoms with van der Waals surface area (Å²) in [5.74, 6) is -2.27. The first-order valence-corrected chi connectivity index (χ1v) is 11.1. The molecule has 34 heavy (non-hydrogen) atoms. The van der Waals surface area contributed by atoms with Gasteiger partial charge in [-0.2, -0.15) is 13.2 Å². The number of nitrogens with zero attached hydrogens (tertiary/aromatic N) is 2. The molecule has 1 aliphatic rings. The lowest BCUT2D eigenvalue weighted by Gasteiger charge is -2.40. The fourth-order valence-electron chi connectivity index (χ4n) is 3.82. The zero-order valence-corrected chi connectivity index (χ0v) is 19.3. The second kappa shape index (κ2) is 10.7. The molecule has 0 radical (unpaired) electrons. The van der Waals surface area contributed by atoms with Crippen LogP contribution in [0.5, 0.6) is 0 Å². The second-order valence-electron chi connectivity index (χ2n) is 7.89. The Hall–Kier alpha value is -2.78. The topological polar surface area (TPSA) is 77.9 Å². The van der Waals surface area contributed by atoms with Crippen molar-refractivity contribution < 1.29 is 32.7 Å². The molecule has 1 N–H and O–H groups in total. The summed E-state index contributed by atoms with van der Waals surface area (Å²) in [5.41, 5.74) is 0.220. The number of benzene rings is 2. The Labute approximate surface area is 203 Å². The van der Waals surface area contributed by atoms with Crippen LogP contribution in [0, 0.1) is 0 Å². The van der Waals surface area contributed by atoms with Crippen molar-refractivity contribution in [3.63, 3.8) is 0 Å². The maximum Gasteiger partial charge on any atom is 0.416 e. The zero-order valence-electron chi connectivity index (χ0n) is 17.8. The minimum absolute atomic E-state index is 0.0411. The number of hydrogen-bond acceptors (Lipinski definition) is 3. The van der Waals surface area contributed by atoms with E-state index in [4.69, 9.17) is 23.2 Å². The molecule has 1 saturated heterocycles. The molecule has 2 amide bonds. The minimum Gasteiger partial charge on any atom is -0.481 e. The van der Waals surface area contributed by atoms with Crippen molar-refractivity contribution in [1.82, 2.24) is 9.80 Å². The standard InChI is InChI=1S/C23H21Cl2F3N2O4/c24-17-5-4-15(18(25)11-17)7-8-29-13-20(31)30(19(22(29)34)12-21(32)33)9-6-14-2-1-3-16(10-14)23(26,27)28/h1-5,10-11,19H,6-9,12-13H2,(H,32,33). The first-order valence-electron chi connectivity index (χ1n) is 10.4. The molecular formula is C23H21Cl2F3N2O4. The van der Waals surface area contributed by atoms with Crippen LogP contribution in [0.2, 0.25) is 10.0 Å². The molecule has 11 heteroatoms. The third-order valence-corrected chi connectivity index (χ3v) is 6.14. The summed E-state index contributed by atoms with van der Waals surface area (Å²) in [7, 11) is 0. The number of alkyl halides is 3. The van der Waals surface area contributed by atoms with Gasteiger partial charge in [-0.1, -0.05) is 47.5 Å². The molecule has 0 spiro atoms. The summed E-state index contributed by atoms with van der Waals surface area (Å²) in [4.78, 5) is 39.7. The van der Waals surface area contributed by atoms with E-state index in [2.05, 4.69) is 0 Å². The number of carboxylic acids is 1. The summed E-state index contributed by atoms with van der Waals surface area (Å²) >= 11 is 12.0. The van der Waals surface area contributed by atoms with Gasteiger partial charge in [0.25, 0.3) is 0 Å². The van der Waals surface area contributed by atoms with Gasteiger partial charge in [-0.05, 0) is 42.2 Å². The van der Waals surface area contributed by atoms with E-state index in [-0.39, 0.29) is 26.1 Å². The molecule has 1 fully saturated rings. The zero-order chi connectivity index (χ0) is 25.0. The van der Waals surface area contributed by atoms with Gasteiger partial charge in [0.15, 0.2) is 0 Å². The Morgan fingerprint density at radius 2 is 1.79 bits per heavy atom. The van der Waals surface area contributed by atoms with Gasteiger partial charge >= 0.3 is 12.1 Å². The summed E-state index contributed by atoms with van der Waals surface area (Å²) in [5, 5.41) is 10.2. The summed E-state index contributed by atoms with van der Waals surface area (Å²) < 4.78 is 38.9. The highest BCUT2D eigenvalue weighted by Gasteiger charge is 2.40. The first kappa shape index (κ1) is 25.8. The van der Waals surface area contributed by atoms with Gasteiger partial charge in [-0.25, -0.2) is 0 Å². The van der Waals surface area contributed by atoms with E-state index in [0.717, 1.165) is 17.0 Å². The van der Waals surface area contributed by atoms with Gasteiger partial charge in [0, 0.05) is 23.1 Å². The average molecular weight is 517 g/mol. The molecule has 1 heterocycles. The minimum atomic E-state index is -4.51.